The first-order valence-electron chi connectivity index (χ1n) is 5.51. The van der Waals surface area contributed by atoms with Crippen molar-refractivity contribution in [1.82, 2.24) is 8.61 Å². The standard InChI is InChI=1S/C10H21N3O2S2/c1-6-16-13(17-7-2)10(14)12(8(3)4)9(11)15-5/h8,11H,6-7H2,1-5H3. The van der Waals surface area contributed by atoms with E-state index < -0.39 is 0 Å². The summed E-state index contributed by atoms with van der Waals surface area (Å²) in [6.07, 6.45) is 0. The molecule has 0 aliphatic heterocycles. The molecule has 0 bridgehead atoms. The molecule has 0 aliphatic carbocycles. The molecule has 17 heavy (non-hydrogen) atoms. The number of carbonyl (C=O) groups excluding carboxylic acids is 1. The molecule has 7 heteroatoms. The van der Waals surface area contributed by atoms with Crippen LogP contribution in [0.2, 0.25) is 0 Å². The number of carbonyl (C=O) groups is 1. The first-order valence-corrected chi connectivity index (χ1v) is 7.39. The normalized spacial score (nSPS) is 10.2. The Morgan fingerprint density at radius 1 is 1.29 bits per heavy atom. The van der Waals surface area contributed by atoms with Crippen molar-refractivity contribution in [2.24, 2.45) is 0 Å². The number of nitrogens with one attached hydrogen (secondary N) is 1. The molecule has 100 valence electrons. The van der Waals surface area contributed by atoms with Gasteiger partial charge in [0.2, 0.25) is 0 Å². The number of amides is 2. The number of urea groups is 1. The zero-order valence-electron chi connectivity index (χ0n) is 11.0. The summed E-state index contributed by atoms with van der Waals surface area (Å²) in [5, 5.41) is 7.65. The molecule has 2 amide bonds. The molecule has 0 aromatic heterocycles. The summed E-state index contributed by atoms with van der Waals surface area (Å²) >= 11 is 2.87. The molecule has 0 aliphatic rings. The van der Waals surface area contributed by atoms with Gasteiger partial charge in [-0.05, 0) is 37.7 Å². The highest BCUT2D eigenvalue weighted by Crippen LogP contribution is 2.24. The number of rotatable bonds is 5. The van der Waals surface area contributed by atoms with Gasteiger partial charge in [-0.25, -0.2) is 13.4 Å². The van der Waals surface area contributed by atoms with Gasteiger partial charge in [0.25, 0.3) is 6.02 Å². The zero-order chi connectivity index (χ0) is 13.4. The van der Waals surface area contributed by atoms with Crippen LogP contribution in [0.3, 0.4) is 0 Å². The van der Waals surface area contributed by atoms with E-state index in [9.17, 15) is 4.79 Å². The van der Waals surface area contributed by atoms with Gasteiger partial charge in [-0.1, -0.05) is 13.8 Å². The molecule has 0 heterocycles. The molecule has 0 fully saturated rings. The quantitative estimate of drug-likeness (QED) is 0.477. The Bertz CT molecular complexity index is 256. The molecule has 0 aromatic rings. The lowest BCUT2D eigenvalue weighted by atomic mass is 10.3. The van der Waals surface area contributed by atoms with Crippen LogP contribution >= 0.6 is 23.9 Å². The molecular weight excluding hydrogens is 258 g/mol. The summed E-state index contributed by atoms with van der Waals surface area (Å²) in [4.78, 5) is 13.6. The van der Waals surface area contributed by atoms with Crippen LogP contribution in [0.5, 0.6) is 0 Å². The fourth-order valence-corrected chi connectivity index (χ4v) is 2.91. The second-order valence-corrected chi connectivity index (χ2v) is 5.98. The number of amidine groups is 1. The molecular formula is C10H21N3O2S2. The minimum absolute atomic E-state index is 0.104. The second kappa shape index (κ2) is 8.52. The minimum atomic E-state index is -0.217. The number of hydrogen-bond donors (Lipinski definition) is 1. The molecule has 0 saturated carbocycles. The highest BCUT2D eigenvalue weighted by Gasteiger charge is 2.28. The van der Waals surface area contributed by atoms with Crippen LogP contribution < -0.4 is 0 Å². The third kappa shape index (κ3) is 5.08. The van der Waals surface area contributed by atoms with Crippen molar-refractivity contribution in [2.45, 2.75) is 33.7 Å². The van der Waals surface area contributed by atoms with Crippen molar-refractivity contribution in [2.75, 3.05) is 18.6 Å². The van der Waals surface area contributed by atoms with Crippen molar-refractivity contribution in [3.05, 3.63) is 0 Å². The maximum atomic E-state index is 12.3. The van der Waals surface area contributed by atoms with Gasteiger partial charge >= 0.3 is 6.03 Å². The lowest BCUT2D eigenvalue weighted by Crippen LogP contribution is -2.46. The Morgan fingerprint density at radius 3 is 2.06 bits per heavy atom. The van der Waals surface area contributed by atoms with Crippen LogP contribution in [0.1, 0.15) is 27.7 Å². The molecule has 0 atom stereocenters. The highest BCUT2D eigenvalue weighted by molar-refractivity contribution is 8.12. The second-order valence-electron chi connectivity index (χ2n) is 3.35. The van der Waals surface area contributed by atoms with Crippen molar-refractivity contribution >= 4 is 35.9 Å². The van der Waals surface area contributed by atoms with E-state index in [2.05, 4.69) is 0 Å². The molecule has 0 spiro atoms. The molecule has 0 rings (SSSR count). The Labute approximate surface area is 112 Å². The van der Waals surface area contributed by atoms with Crippen molar-refractivity contribution in [1.29, 1.82) is 5.41 Å². The van der Waals surface area contributed by atoms with Gasteiger partial charge in [0, 0.05) is 17.5 Å². The van der Waals surface area contributed by atoms with Crippen molar-refractivity contribution in [3.8, 4) is 0 Å². The number of nitrogens with zero attached hydrogens (tertiary/aromatic N) is 2. The molecule has 1 N–H and O–H groups in total. The topological polar surface area (TPSA) is 56.6 Å². The summed E-state index contributed by atoms with van der Waals surface area (Å²) in [6, 6.07) is -0.443. The third-order valence-electron chi connectivity index (χ3n) is 1.78. The van der Waals surface area contributed by atoms with Crippen LogP contribution in [0.4, 0.5) is 4.79 Å². The number of hydrogen-bond acceptors (Lipinski definition) is 5. The SMILES string of the molecule is CCSN(SCC)C(=O)N(C(=N)OC)C(C)C. The van der Waals surface area contributed by atoms with Crippen LogP contribution in [0, 0.1) is 5.41 Å². The summed E-state index contributed by atoms with van der Waals surface area (Å²) in [5.41, 5.74) is 0. The van der Waals surface area contributed by atoms with Crippen LogP contribution in [0.15, 0.2) is 0 Å². The highest BCUT2D eigenvalue weighted by atomic mass is 32.2. The van der Waals surface area contributed by atoms with Gasteiger partial charge < -0.3 is 4.74 Å². The van der Waals surface area contributed by atoms with E-state index in [0.29, 0.717) is 0 Å². The zero-order valence-corrected chi connectivity index (χ0v) is 12.7. The summed E-state index contributed by atoms with van der Waals surface area (Å²) in [5.74, 6) is 1.62. The van der Waals surface area contributed by atoms with Crippen molar-refractivity contribution < 1.29 is 9.53 Å². The van der Waals surface area contributed by atoms with E-state index in [0.717, 1.165) is 11.5 Å². The first kappa shape index (κ1) is 16.4. The Kier molecular flexibility index (Phi) is 8.24. The van der Waals surface area contributed by atoms with Crippen LogP contribution in [-0.2, 0) is 4.74 Å². The van der Waals surface area contributed by atoms with Gasteiger partial charge in [-0.15, -0.1) is 0 Å². The van der Waals surface area contributed by atoms with Crippen LogP contribution in [-0.4, -0.2) is 45.3 Å². The minimum Gasteiger partial charge on any atom is -0.468 e. The van der Waals surface area contributed by atoms with E-state index in [1.807, 2.05) is 27.7 Å². The van der Waals surface area contributed by atoms with E-state index in [1.54, 1.807) is 3.71 Å². The number of ether oxygens (including phenoxy) is 1. The third-order valence-corrected chi connectivity index (χ3v) is 3.71. The summed E-state index contributed by atoms with van der Waals surface area (Å²) < 4.78 is 6.45. The Morgan fingerprint density at radius 2 is 1.76 bits per heavy atom. The van der Waals surface area contributed by atoms with E-state index >= 15 is 0 Å². The van der Waals surface area contributed by atoms with E-state index in [4.69, 9.17) is 10.1 Å². The lowest BCUT2D eigenvalue weighted by molar-refractivity contribution is 0.193. The van der Waals surface area contributed by atoms with Crippen molar-refractivity contribution in [3.63, 3.8) is 0 Å². The first-order chi connectivity index (χ1) is 7.99. The Hall–Kier alpha value is -0.560. The smallest absolute Gasteiger partial charge is 0.348 e. The van der Waals surface area contributed by atoms with Gasteiger partial charge in [-0.3, -0.25) is 5.41 Å². The Balaban J connectivity index is 4.83. The fraction of sp³-hybridized carbons (Fsp3) is 0.800. The van der Waals surface area contributed by atoms with Crippen LogP contribution in [0.25, 0.3) is 0 Å². The predicted octanol–water partition coefficient (Wildman–Crippen LogP) is 3.04. The van der Waals surface area contributed by atoms with E-state index in [1.165, 1.54) is 35.9 Å². The van der Waals surface area contributed by atoms with Gasteiger partial charge in [0.15, 0.2) is 0 Å². The summed E-state index contributed by atoms with van der Waals surface area (Å²) in [7, 11) is 1.40. The molecule has 0 saturated heterocycles. The largest absolute Gasteiger partial charge is 0.468 e. The van der Waals surface area contributed by atoms with E-state index in [-0.39, 0.29) is 18.1 Å². The maximum Gasteiger partial charge on any atom is 0.348 e. The van der Waals surface area contributed by atoms with Gasteiger partial charge in [0.1, 0.15) is 0 Å². The molecule has 0 aromatic carbocycles. The summed E-state index contributed by atoms with van der Waals surface area (Å²) in [6.45, 7) is 7.69. The number of methoxy groups -OCH3 is 1. The molecule has 5 nitrogen and oxygen atoms in total. The fourth-order valence-electron chi connectivity index (χ4n) is 1.11. The lowest BCUT2D eigenvalue weighted by Gasteiger charge is -2.30. The molecule has 0 radical (unpaired) electrons. The molecule has 0 unspecified atom stereocenters. The average Bonchev–Trinajstić information content (AvgIpc) is 2.28. The average molecular weight is 279 g/mol. The van der Waals surface area contributed by atoms with Gasteiger partial charge in [0.05, 0.1) is 7.11 Å². The maximum absolute atomic E-state index is 12.3. The van der Waals surface area contributed by atoms with Gasteiger partial charge in [-0.2, -0.15) is 0 Å². The monoisotopic (exact) mass is 279 g/mol. The predicted molar refractivity (Wildman–Crippen MR) is 75.2 cm³/mol.